The van der Waals surface area contributed by atoms with Crippen molar-refractivity contribution in [3.05, 3.63) is 57.8 Å². The van der Waals surface area contributed by atoms with Crippen molar-refractivity contribution in [2.75, 3.05) is 11.9 Å². The highest BCUT2D eigenvalue weighted by atomic mass is 79.9. The Hall–Kier alpha value is -2.21. The molecule has 1 amide bonds. The van der Waals surface area contributed by atoms with Crippen LogP contribution in [0, 0.1) is 6.92 Å². The second-order valence-corrected chi connectivity index (χ2v) is 5.45. The Labute approximate surface area is 130 Å². The van der Waals surface area contributed by atoms with Gasteiger partial charge in [0.2, 0.25) is 0 Å². The summed E-state index contributed by atoms with van der Waals surface area (Å²) in [5.41, 5.74) is 1.83. The largest absolute Gasteiger partial charge is 0.477 e. The molecule has 0 fully saturated rings. The molecule has 5 nitrogen and oxygen atoms in total. The number of aromatic nitrogens is 1. The Morgan fingerprint density at radius 1 is 1.24 bits per heavy atom. The third kappa shape index (κ3) is 3.28. The zero-order chi connectivity index (χ0) is 15.6. The SMILES string of the molecule is Cc1cc(Br)ccc1N(C)C(=O)c1ccnc(C(=O)O)c1. The summed E-state index contributed by atoms with van der Waals surface area (Å²) in [4.78, 5) is 28.6. The molecule has 21 heavy (non-hydrogen) atoms. The zero-order valence-electron chi connectivity index (χ0n) is 11.5. The lowest BCUT2D eigenvalue weighted by Gasteiger charge is -2.20. The zero-order valence-corrected chi connectivity index (χ0v) is 13.1. The van der Waals surface area contributed by atoms with E-state index in [9.17, 15) is 9.59 Å². The lowest BCUT2D eigenvalue weighted by molar-refractivity contribution is 0.0690. The highest BCUT2D eigenvalue weighted by Gasteiger charge is 2.17. The molecule has 0 aliphatic carbocycles. The lowest BCUT2D eigenvalue weighted by Crippen LogP contribution is -2.27. The minimum absolute atomic E-state index is 0.151. The molecule has 0 spiro atoms. The first kappa shape index (κ1) is 15.2. The van der Waals surface area contributed by atoms with Gasteiger partial charge in [-0.3, -0.25) is 4.79 Å². The highest BCUT2D eigenvalue weighted by Crippen LogP contribution is 2.24. The average molecular weight is 349 g/mol. The number of aryl methyl sites for hydroxylation is 1. The first-order valence-electron chi connectivity index (χ1n) is 6.13. The number of rotatable bonds is 3. The summed E-state index contributed by atoms with van der Waals surface area (Å²) in [6.07, 6.45) is 1.32. The summed E-state index contributed by atoms with van der Waals surface area (Å²) in [5, 5.41) is 8.93. The monoisotopic (exact) mass is 348 g/mol. The van der Waals surface area contributed by atoms with Crippen LogP contribution < -0.4 is 4.90 Å². The second-order valence-electron chi connectivity index (χ2n) is 4.53. The number of hydrogen-bond acceptors (Lipinski definition) is 3. The Morgan fingerprint density at radius 2 is 1.95 bits per heavy atom. The molecule has 0 unspecified atom stereocenters. The van der Waals surface area contributed by atoms with Gasteiger partial charge >= 0.3 is 5.97 Å². The van der Waals surface area contributed by atoms with Crippen molar-refractivity contribution in [3.63, 3.8) is 0 Å². The van der Waals surface area contributed by atoms with E-state index < -0.39 is 5.97 Å². The van der Waals surface area contributed by atoms with E-state index >= 15 is 0 Å². The van der Waals surface area contributed by atoms with Crippen molar-refractivity contribution in [3.8, 4) is 0 Å². The molecule has 6 heteroatoms. The van der Waals surface area contributed by atoms with Gasteiger partial charge in [0.15, 0.2) is 0 Å². The molecule has 0 bridgehead atoms. The van der Waals surface area contributed by atoms with Gasteiger partial charge in [0.25, 0.3) is 5.91 Å². The van der Waals surface area contributed by atoms with E-state index in [4.69, 9.17) is 5.11 Å². The van der Waals surface area contributed by atoms with Gasteiger partial charge in [-0.2, -0.15) is 0 Å². The number of nitrogens with zero attached hydrogens (tertiary/aromatic N) is 2. The summed E-state index contributed by atoms with van der Waals surface area (Å²) in [6, 6.07) is 8.36. The Kier molecular flexibility index (Phi) is 4.37. The molecule has 108 valence electrons. The molecule has 0 aliphatic rings. The van der Waals surface area contributed by atoms with Gasteiger partial charge in [0.05, 0.1) is 0 Å². The lowest BCUT2D eigenvalue weighted by atomic mass is 10.1. The van der Waals surface area contributed by atoms with Crippen molar-refractivity contribution >= 4 is 33.5 Å². The van der Waals surface area contributed by atoms with Crippen molar-refractivity contribution in [1.82, 2.24) is 4.98 Å². The molecule has 0 atom stereocenters. The number of carboxylic acids is 1. The van der Waals surface area contributed by atoms with Crippen LogP contribution in [-0.2, 0) is 0 Å². The molecule has 2 rings (SSSR count). The van der Waals surface area contributed by atoms with Gasteiger partial charge in [0, 0.05) is 29.0 Å². The number of carbonyl (C=O) groups excluding carboxylic acids is 1. The molecule has 1 N–H and O–H groups in total. The van der Waals surface area contributed by atoms with Gasteiger partial charge in [-0.05, 0) is 42.8 Å². The first-order chi connectivity index (χ1) is 9.90. The maximum absolute atomic E-state index is 12.5. The number of amides is 1. The van der Waals surface area contributed by atoms with Gasteiger partial charge in [-0.1, -0.05) is 15.9 Å². The van der Waals surface area contributed by atoms with Gasteiger partial charge in [-0.25, -0.2) is 9.78 Å². The third-order valence-electron chi connectivity index (χ3n) is 3.05. The predicted octanol–water partition coefficient (Wildman–Crippen LogP) is 3.13. The third-order valence-corrected chi connectivity index (χ3v) is 3.54. The van der Waals surface area contributed by atoms with Crippen LogP contribution in [0.4, 0.5) is 5.69 Å². The smallest absolute Gasteiger partial charge is 0.354 e. The van der Waals surface area contributed by atoms with E-state index in [1.807, 2.05) is 25.1 Å². The molecule has 1 heterocycles. The van der Waals surface area contributed by atoms with Gasteiger partial charge < -0.3 is 10.0 Å². The van der Waals surface area contributed by atoms with Gasteiger partial charge in [0.1, 0.15) is 5.69 Å². The number of carboxylic acid groups (broad SMARTS) is 1. The molecule has 2 aromatic rings. The number of carbonyl (C=O) groups is 2. The number of pyridine rings is 1. The summed E-state index contributed by atoms with van der Waals surface area (Å²) in [7, 11) is 1.65. The maximum atomic E-state index is 12.5. The molecule has 1 aromatic heterocycles. The van der Waals surface area contributed by atoms with Crippen molar-refractivity contribution in [2.45, 2.75) is 6.92 Å². The van der Waals surface area contributed by atoms with Crippen LogP contribution in [0.3, 0.4) is 0 Å². The Morgan fingerprint density at radius 3 is 2.57 bits per heavy atom. The summed E-state index contributed by atoms with van der Waals surface area (Å²) in [6.45, 7) is 1.90. The maximum Gasteiger partial charge on any atom is 0.354 e. The summed E-state index contributed by atoms with van der Waals surface area (Å²) >= 11 is 3.38. The molecule has 0 aliphatic heterocycles. The average Bonchev–Trinajstić information content (AvgIpc) is 2.46. The van der Waals surface area contributed by atoms with Crippen LogP contribution in [0.15, 0.2) is 41.0 Å². The predicted molar refractivity (Wildman–Crippen MR) is 82.8 cm³/mol. The fourth-order valence-electron chi connectivity index (χ4n) is 1.98. The van der Waals surface area contributed by atoms with E-state index in [1.165, 1.54) is 23.2 Å². The minimum Gasteiger partial charge on any atom is -0.477 e. The number of benzene rings is 1. The number of halogens is 1. The van der Waals surface area contributed by atoms with Crippen molar-refractivity contribution in [1.29, 1.82) is 0 Å². The van der Waals surface area contributed by atoms with Crippen molar-refractivity contribution < 1.29 is 14.7 Å². The van der Waals surface area contributed by atoms with Crippen molar-refractivity contribution in [2.24, 2.45) is 0 Å². The van der Waals surface area contributed by atoms with Crippen LogP contribution in [0.1, 0.15) is 26.4 Å². The summed E-state index contributed by atoms with van der Waals surface area (Å²) < 4.78 is 0.932. The van der Waals surface area contributed by atoms with Crippen LogP contribution in [-0.4, -0.2) is 29.0 Å². The van der Waals surface area contributed by atoms with Crippen LogP contribution in [0.2, 0.25) is 0 Å². The summed E-state index contributed by atoms with van der Waals surface area (Å²) in [5.74, 6) is -1.45. The molecular formula is C15H13BrN2O3. The Balaban J connectivity index is 2.35. The first-order valence-corrected chi connectivity index (χ1v) is 6.93. The molecule has 0 radical (unpaired) electrons. The van der Waals surface area contributed by atoms with Gasteiger partial charge in [-0.15, -0.1) is 0 Å². The minimum atomic E-state index is -1.16. The number of anilines is 1. The van der Waals surface area contributed by atoms with E-state index in [1.54, 1.807) is 7.05 Å². The van der Waals surface area contributed by atoms with Crippen LogP contribution in [0.5, 0.6) is 0 Å². The molecule has 1 aromatic carbocycles. The van der Waals surface area contributed by atoms with Crippen LogP contribution >= 0.6 is 15.9 Å². The van der Waals surface area contributed by atoms with Crippen LogP contribution in [0.25, 0.3) is 0 Å². The molecular weight excluding hydrogens is 336 g/mol. The highest BCUT2D eigenvalue weighted by molar-refractivity contribution is 9.10. The Bertz CT molecular complexity index is 716. The number of hydrogen-bond donors (Lipinski definition) is 1. The standard InChI is InChI=1S/C15H13BrN2O3/c1-9-7-11(16)3-4-13(9)18(2)14(19)10-5-6-17-12(8-10)15(20)21/h3-8H,1-2H3,(H,20,21). The quantitative estimate of drug-likeness (QED) is 0.924. The van der Waals surface area contributed by atoms with E-state index in [2.05, 4.69) is 20.9 Å². The fourth-order valence-corrected chi connectivity index (χ4v) is 2.45. The normalized spacial score (nSPS) is 10.2. The van der Waals surface area contributed by atoms with E-state index in [0.717, 1.165) is 15.7 Å². The second kappa shape index (κ2) is 6.05. The van der Waals surface area contributed by atoms with E-state index in [0.29, 0.717) is 0 Å². The van der Waals surface area contributed by atoms with E-state index in [-0.39, 0.29) is 17.2 Å². The number of aromatic carboxylic acids is 1. The molecule has 0 saturated heterocycles. The fraction of sp³-hybridized carbons (Fsp3) is 0.133. The topological polar surface area (TPSA) is 70.5 Å². The molecule has 0 saturated carbocycles.